The van der Waals surface area contributed by atoms with Gasteiger partial charge in [0.05, 0.1) is 11.4 Å². The van der Waals surface area contributed by atoms with Gasteiger partial charge in [0.25, 0.3) is 0 Å². The van der Waals surface area contributed by atoms with Gasteiger partial charge < -0.3 is 0 Å². The van der Waals surface area contributed by atoms with Crippen LogP contribution in [0, 0.1) is 3.57 Å². The van der Waals surface area contributed by atoms with Crippen molar-refractivity contribution in [2.75, 3.05) is 0 Å². The van der Waals surface area contributed by atoms with E-state index in [9.17, 15) is 0 Å². The van der Waals surface area contributed by atoms with Crippen LogP contribution in [-0.4, -0.2) is 4.98 Å². The summed E-state index contributed by atoms with van der Waals surface area (Å²) >= 11 is 4.65. The molecule has 4 aromatic rings. The third-order valence-electron chi connectivity index (χ3n) is 5.22. The number of hydrogen-bond donors (Lipinski definition) is 0. The predicted molar refractivity (Wildman–Crippen MR) is 159 cm³/mol. The van der Waals surface area contributed by atoms with Gasteiger partial charge in [0.2, 0.25) is 0 Å². The molecule has 1 aromatic heterocycles. The fourth-order valence-electron chi connectivity index (χ4n) is 3.53. The Labute approximate surface area is 223 Å². The maximum atomic E-state index is 4.96. The molecule has 0 saturated heterocycles. The number of halogens is 2. The van der Waals surface area contributed by atoms with Crippen LogP contribution in [0.2, 0.25) is 0 Å². The zero-order chi connectivity index (χ0) is 23.2. The van der Waals surface area contributed by atoms with E-state index >= 15 is 0 Å². The minimum atomic E-state index is 0.879. The highest BCUT2D eigenvalue weighted by Gasteiger charge is 2.09. The van der Waals surface area contributed by atoms with Crippen LogP contribution in [0.25, 0.3) is 39.1 Å². The average Bonchev–Trinajstić information content (AvgIpc) is 2.84. The van der Waals surface area contributed by atoms with Crippen LogP contribution >= 0.6 is 45.2 Å². The lowest BCUT2D eigenvalue weighted by Gasteiger charge is -2.11. The lowest BCUT2D eigenvalue weighted by molar-refractivity contribution is 1.28. The quantitative estimate of drug-likeness (QED) is 0.150. The first-order chi connectivity index (χ1) is 16.0. The second-order valence-electron chi connectivity index (χ2n) is 7.72. The Bertz CT molecular complexity index is 1330. The summed E-state index contributed by atoms with van der Waals surface area (Å²) in [7, 11) is 0. The molecule has 0 aliphatic rings. The van der Waals surface area contributed by atoms with Gasteiger partial charge in [-0.05, 0) is 108 Å². The second-order valence-corrected chi connectivity index (χ2v) is 10.7. The van der Waals surface area contributed by atoms with Crippen LogP contribution in [0.4, 0.5) is 0 Å². The molecule has 3 aromatic carbocycles. The Balaban J connectivity index is 1.76. The Morgan fingerprint density at radius 3 is 2.06 bits per heavy atom. The van der Waals surface area contributed by atoms with Crippen molar-refractivity contribution >= 4 is 50.8 Å². The van der Waals surface area contributed by atoms with Gasteiger partial charge in [-0.25, -0.2) is 4.98 Å². The summed E-state index contributed by atoms with van der Waals surface area (Å²) in [6, 6.07) is 31.9. The molecule has 0 N–H and O–H groups in total. The summed E-state index contributed by atoms with van der Waals surface area (Å²) in [6.07, 6.45) is 6.11. The van der Waals surface area contributed by atoms with E-state index in [2.05, 4.69) is 150 Å². The number of aromatic nitrogens is 1. The van der Waals surface area contributed by atoms with E-state index in [1.54, 1.807) is 0 Å². The largest absolute Gasteiger partial charge is 0.248 e. The molecule has 0 radical (unpaired) electrons. The highest BCUT2D eigenvalue weighted by atomic mass is 127. The lowest BCUT2D eigenvalue weighted by Crippen LogP contribution is -1.93. The van der Waals surface area contributed by atoms with Gasteiger partial charge in [0.15, 0.2) is 0 Å². The highest BCUT2D eigenvalue weighted by Crippen LogP contribution is 2.30. The van der Waals surface area contributed by atoms with Gasteiger partial charge >= 0.3 is 0 Å². The molecule has 3 heteroatoms. The van der Waals surface area contributed by atoms with Crippen LogP contribution in [-0.2, 0) is 0 Å². The topological polar surface area (TPSA) is 12.9 Å². The number of nitrogens with zero attached hydrogens (tertiary/aromatic N) is 1. The first-order valence-corrected chi connectivity index (χ1v) is 12.8. The van der Waals surface area contributed by atoms with Crippen molar-refractivity contribution in [3.05, 3.63) is 129 Å². The Morgan fingerprint density at radius 1 is 0.758 bits per heavy atom. The molecular weight excluding hydrogens is 628 g/mol. The SMILES string of the molecule is C=C(/C=C\C=C(/C)I)c1cc(-c2ccc(-c3ccccc3)cc2)cc(-c2cccc(I)c2)n1. The Kier molecular flexibility index (Phi) is 7.93. The van der Waals surface area contributed by atoms with Gasteiger partial charge in [0.1, 0.15) is 0 Å². The first-order valence-electron chi connectivity index (χ1n) is 10.6. The van der Waals surface area contributed by atoms with Crippen LogP contribution in [0.3, 0.4) is 0 Å². The van der Waals surface area contributed by atoms with Crippen molar-refractivity contribution in [2.45, 2.75) is 6.92 Å². The smallest absolute Gasteiger partial charge is 0.0716 e. The van der Waals surface area contributed by atoms with Gasteiger partial charge in [-0.3, -0.25) is 0 Å². The fraction of sp³-hybridized carbons (Fsp3) is 0.0333. The number of hydrogen-bond acceptors (Lipinski definition) is 1. The molecule has 0 fully saturated rings. The van der Waals surface area contributed by atoms with Crippen molar-refractivity contribution in [1.29, 1.82) is 0 Å². The molecule has 0 aliphatic carbocycles. The molecule has 0 bridgehead atoms. The van der Waals surface area contributed by atoms with Gasteiger partial charge in [0, 0.05) is 9.13 Å². The van der Waals surface area contributed by atoms with E-state index in [0.717, 1.165) is 33.7 Å². The molecule has 162 valence electrons. The minimum Gasteiger partial charge on any atom is -0.248 e. The zero-order valence-electron chi connectivity index (χ0n) is 18.3. The molecule has 0 saturated carbocycles. The van der Waals surface area contributed by atoms with Crippen LogP contribution in [0.1, 0.15) is 12.6 Å². The molecule has 1 nitrogen and oxygen atoms in total. The fourth-order valence-corrected chi connectivity index (χ4v) is 4.28. The number of pyridine rings is 1. The van der Waals surface area contributed by atoms with E-state index in [1.807, 2.05) is 18.2 Å². The van der Waals surface area contributed by atoms with Crippen molar-refractivity contribution < 1.29 is 0 Å². The van der Waals surface area contributed by atoms with E-state index in [0.29, 0.717) is 0 Å². The van der Waals surface area contributed by atoms with Gasteiger partial charge in [-0.2, -0.15) is 0 Å². The van der Waals surface area contributed by atoms with Crippen molar-refractivity contribution in [3.8, 4) is 33.5 Å². The second kappa shape index (κ2) is 11.1. The normalized spacial score (nSPS) is 11.7. The maximum absolute atomic E-state index is 4.96. The molecule has 0 atom stereocenters. The van der Waals surface area contributed by atoms with Gasteiger partial charge in [-0.15, -0.1) is 0 Å². The molecule has 1 heterocycles. The van der Waals surface area contributed by atoms with E-state index in [1.165, 1.54) is 18.3 Å². The molecular formula is C30H23I2N. The summed E-state index contributed by atoms with van der Waals surface area (Å²) in [5, 5.41) is 0. The third-order valence-corrected chi connectivity index (χ3v) is 6.25. The molecule has 0 unspecified atom stereocenters. The van der Waals surface area contributed by atoms with E-state index in [-0.39, 0.29) is 0 Å². The van der Waals surface area contributed by atoms with E-state index < -0.39 is 0 Å². The standard InChI is InChI=1S/C30H23I2N/c1-21(8-6-9-22(2)31)29-19-27(20-30(33-29)26-12-7-13-28(32)18-26)25-16-14-24(15-17-25)23-10-4-3-5-11-23/h3-20H,1H2,2H3/b8-6-,22-9+. The summed E-state index contributed by atoms with van der Waals surface area (Å²) in [6.45, 7) is 6.35. The number of allylic oxidation sites excluding steroid dienone is 5. The summed E-state index contributed by atoms with van der Waals surface area (Å²) in [4.78, 5) is 4.96. The Hall–Kier alpha value is -2.51. The molecule has 33 heavy (non-hydrogen) atoms. The minimum absolute atomic E-state index is 0.879. The zero-order valence-corrected chi connectivity index (χ0v) is 22.6. The number of benzene rings is 3. The predicted octanol–water partition coefficient (Wildman–Crippen LogP) is 9.60. The molecule has 4 rings (SSSR count). The van der Waals surface area contributed by atoms with Crippen LogP contribution < -0.4 is 0 Å². The maximum Gasteiger partial charge on any atom is 0.0716 e. The Morgan fingerprint density at radius 2 is 1.39 bits per heavy atom. The van der Waals surface area contributed by atoms with Gasteiger partial charge in [-0.1, -0.05) is 91.5 Å². The summed E-state index contributed by atoms with van der Waals surface area (Å²) in [5.41, 5.74) is 8.53. The summed E-state index contributed by atoms with van der Waals surface area (Å²) in [5.74, 6) is 0. The first kappa shape index (κ1) is 23.6. The van der Waals surface area contributed by atoms with Crippen LogP contribution in [0.15, 0.2) is 119 Å². The van der Waals surface area contributed by atoms with Crippen molar-refractivity contribution in [2.24, 2.45) is 0 Å². The third kappa shape index (κ3) is 6.30. The van der Waals surface area contributed by atoms with Crippen molar-refractivity contribution in [1.82, 2.24) is 4.98 Å². The van der Waals surface area contributed by atoms with E-state index in [4.69, 9.17) is 4.98 Å². The molecule has 0 aliphatic heterocycles. The summed E-state index contributed by atoms with van der Waals surface area (Å²) < 4.78 is 2.41. The number of rotatable bonds is 6. The van der Waals surface area contributed by atoms with Crippen LogP contribution in [0.5, 0.6) is 0 Å². The highest BCUT2D eigenvalue weighted by molar-refractivity contribution is 14.1. The molecule has 0 spiro atoms. The lowest BCUT2D eigenvalue weighted by atomic mass is 9.98. The molecule has 0 amide bonds. The van der Waals surface area contributed by atoms with Crippen molar-refractivity contribution in [3.63, 3.8) is 0 Å². The average molecular weight is 651 g/mol. The monoisotopic (exact) mass is 651 g/mol.